The van der Waals surface area contributed by atoms with Gasteiger partial charge in [-0.15, -0.1) is 0 Å². The first-order valence-electron chi connectivity index (χ1n) is 5.71. The lowest BCUT2D eigenvalue weighted by atomic mass is 10.0. The number of alkyl halides is 3. The van der Waals surface area contributed by atoms with E-state index in [0.29, 0.717) is 6.92 Å². The van der Waals surface area contributed by atoms with Gasteiger partial charge in [0.1, 0.15) is 0 Å². The molecular weight excluding hydrogens is 285 g/mol. The van der Waals surface area contributed by atoms with Crippen LogP contribution in [0, 0.1) is 0 Å². The highest BCUT2D eigenvalue weighted by molar-refractivity contribution is 5.87. The van der Waals surface area contributed by atoms with E-state index in [4.69, 9.17) is 14.9 Å². The Morgan fingerprint density at radius 2 is 2.05 bits per heavy atom. The van der Waals surface area contributed by atoms with E-state index >= 15 is 0 Å². The Balaban J connectivity index is 2.89. The molecule has 0 aliphatic carbocycles. The second kappa shape index (κ2) is 5.83. The van der Waals surface area contributed by atoms with Gasteiger partial charge in [-0.25, -0.2) is 9.59 Å². The molecule has 116 valence electrons. The van der Waals surface area contributed by atoms with Gasteiger partial charge >= 0.3 is 18.2 Å². The maximum absolute atomic E-state index is 12.8. The summed E-state index contributed by atoms with van der Waals surface area (Å²) in [5.41, 5.74) is -3.40. The monoisotopic (exact) mass is 300 g/mol. The second-order valence-corrected chi connectivity index (χ2v) is 4.46. The number of hydrogen-bond acceptors (Lipinski definition) is 4. The van der Waals surface area contributed by atoms with Gasteiger partial charge in [-0.05, 0) is 6.92 Å². The predicted molar refractivity (Wildman–Crippen MR) is 59.0 cm³/mol. The van der Waals surface area contributed by atoms with E-state index in [1.807, 2.05) is 0 Å². The van der Waals surface area contributed by atoms with E-state index in [2.05, 4.69) is 0 Å². The van der Waals surface area contributed by atoms with Crippen molar-refractivity contribution in [3.63, 3.8) is 0 Å². The van der Waals surface area contributed by atoms with Crippen molar-refractivity contribution in [2.45, 2.75) is 24.7 Å². The topological polar surface area (TPSA) is 99.1 Å². The number of nitrogens with one attached hydrogen (secondary N) is 1. The summed E-state index contributed by atoms with van der Waals surface area (Å²) in [5.74, 6) is -2.22. The summed E-state index contributed by atoms with van der Waals surface area (Å²) in [6, 6.07) is -2.02. The Hall–Kier alpha value is -1.55. The largest absolute Gasteiger partial charge is 0.479 e. The summed E-state index contributed by atoms with van der Waals surface area (Å²) in [4.78, 5) is 23.6. The van der Waals surface area contributed by atoms with Crippen molar-refractivity contribution in [2.75, 3.05) is 26.4 Å². The van der Waals surface area contributed by atoms with Crippen LogP contribution in [-0.4, -0.2) is 71.2 Å². The minimum absolute atomic E-state index is 0.0281. The lowest BCUT2D eigenvalue weighted by molar-refractivity contribution is -0.203. The molecule has 0 aromatic rings. The number of morpholine rings is 1. The van der Waals surface area contributed by atoms with E-state index in [1.54, 1.807) is 0 Å². The molecule has 7 nitrogen and oxygen atoms in total. The first-order chi connectivity index (χ1) is 9.13. The number of aliphatic hydroxyl groups is 1. The zero-order valence-electron chi connectivity index (χ0n) is 10.6. The predicted octanol–water partition coefficient (Wildman–Crippen LogP) is -0.205. The number of carboxylic acids is 1. The first-order valence-corrected chi connectivity index (χ1v) is 5.71. The Kier molecular flexibility index (Phi) is 4.81. The third-order valence-corrected chi connectivity index (χ3v) is 3.05. The molecule has 0 spiro atoms. The van der Waals surface area contributed by atoms with Crippen molar-refractivity contribution in [3.8, 4) is 0 Å². The van der Waals surface area contributed by atoms with Gasteiger partial charge in [0.15, 0.2) is 0 Å². The summed E-state index contributed by atoms with van der Waals surface area (Å²) < 4.78 is 43.3. The number of halogens is 3. The average Bonchev–Trinajstić information content (AvgIpc) is 2.36. The molecule has 0 bridgehead atoms. The highest BCUT2D eigenvalue weighted by Crippen LogP contribution is 2.30. The van der Waals surface area contributed by atoms with Gasteiger partial charge in [-0.2, -0.15) is 13.2 Å². The smallest absolute Gasteiger partial charge is 0.422 e. The quantitative estimate of drug-likeness (QED) is 0.670. The molecule has 0 aromatic carbocycles. The van der Waals surface area contributed by atoms with Crippen LogP contribution in [0.1, 0.15) is 6.92 Å². The molecule has 3 N–H and O–H groups in total. The molecule has 0 saturated carbocycles. The number of ether oxygens (including phenoxy) is 1. The molecule has 1 rings (SSSR count). The molecule has 1 saturated heterocycles. The zero-order valence-corrected chi connectivity index (χ0v) is 10.6. The fourth-order valence-corrected chi connectivity index (χ4v) is 1.60. The van der Waals surface area contributed by atoms with E-state index in [9.17, 15) is 22.8 Å². The highest BCUT2D eigenvalue weighted by atomic mass is 19.4. The van der Waals surface area contributed by atoms with Gasteiger partial charge in [0.25, 0.3) is 0 Å². The van der Waals surface area contributed by atoms with E-state index in [1.165, 1.54) is 5.32 Å². The number of carboxylic acid groups (broad SMARTS) is 1. The molecular formula is C10H15F3N2O5. The van der Waals surface area contributed by atoms with Crippen LogP contribution in [0.2, 0.25) is 0 Å². The minimum Gasteiger partial charge on any atom is -0.479 e. The third kappa shape index (κ3) is 3.12. The molecule has 1 heterocycles. The maximum Gasteiger partial charge on any atom is 0.422 e. The number of aliphatic hydroxyl groups excluding tert-OH is 1. The maximum atomic E-state index is 12.8. The summed E-state index contributed by atoms with van der Waals surface area (Å²) in [5, 5.41) is 19.2. The summed E-state index contributed by atoms with van der Waals surface area (Å²) >= 11 is 0. The van der Waals surface area contributed by atoms with E-state index < -0.39 is 36.4 Å². The number of amides is 2. The fraction of sp³-hybridized carbons (Fsp3) is 0.800. The molecule has 0 aromatic heterocycles. The van der Waals surface area contributed by atoms with Crippen LogP contribution in [0.3, 0.4) is 0 Å². The number of urea groups is 1. The minimum atomic E-state index is -5.16. The molecule has 2 unspecified atom stereocenters. The number of hydrogen-bond donors (Lipinski definition) is 3. The average molecular weight is 300 g/mol. The number of nitrogens with zero attached hydrogens (tertiary/aromatic N) is 1. The van der Waals surface area contributed by atoms with Crippen LogP contribution < -0.4 is 5.32 Å². The highest BCUT2D eigenvalue weighted by Gasteiger charge is 2.59. The molecule has 20 heavy (non-hydrogen) atoms. The van der Waals surface area contributed by atoms with Gasteiger partial charge < -0.3 is 25.2 Å². The SMILES string of the molecule is CC(NC(=O)N1CCOCC1CO)(C(=O)O)C(F)(F)F. The van der Waals surface area contributed by atoms with Gasteiger partial charge in [0, 0.05) is 6.54 Å². The summed E-state index contributed by atoms with van der Waals surface area (Å²) in [6.07, 6.45) is -5.16. The molecule has 2 amide bonds. The van der Waals surface area contributed by atoms with Crippen molar-refractivity contribution >= 4 is 12.0 Å². The lowest BCUT2D eigenvalue weighted by Gasteiger charge is -2.37. The molecule has 2 atom stereocenters. The van der Waals surface area contributed by atoms with Crippen LogP contribution >= 0.6 is 0 Å². The standard InChI is InChI=1S/C10H15F3N2O5/c1-9(7(17)18,10(11,12)13)14-8(19)15-2-3-20-5-6(15)4-16/h6,16H,2-5H2,1H3,(H,14,19)(H,17,18). The van der Waals surface area contributed by atoms with Crippen LogP contribution in [0.25, 0.3) is 0 Å². The van der Waals surface area contributed by atoms with E-state index in [0.717, 1.165) is 4.90 Å². The lowest BCUT2D eigenvalue weighted by Crippen LogP contribution is -2.66. The first kappa shape index (κ1) is 16.5. The normalized spacial score (nSPS) is 23.1. The van der Waals surface area contributed by atoms with Crippen molar-refractivity contribution in [1.82, 2.24) is 10.2 Å². The molecule has 1 aliphatic heterocycles. The van der Waals surface area contributed by atoms with Crippen LogP contribution in [0.15, 0.2) is 0 Å². The third-order valence-electron chi connectivity index (χ3n) is 3.05. The molecule has 1 aliphatic rings. The zero-order chi connectivity index (χ0) is 15.6. The van der Waals surface area contributed by atoms with Gasteiger partial charge in [-0.1, -0.05) is 0 Å². The van der Waals surface area contributed by atoms with Gasteiger partial charge in [0.05, 0.1) is 25.9 Å². The Bertz CT molecular complexity index is 390. The van der Waals surface area contributed by atoms with Crippen molar-refractivity contribution in [2.24, 2.45) is 0 Å². The second-order valence-electron chi connectivity index (χ2n) is 4.46. The van der Waals surface area contributed by atoms with Gasteiger partial charge in [0.2, 0.25) is 5.54 Å². The Morgan fingerprint density at radius 1 is 1.45 bits per heavy atom. The van der Waals surface area contributed by atoms with Crippen molar-refractivity contribution in [1.29, 1.82) is 0 Å². The summed E-state index contributed by atoms with van der Waals surface area (Å²) in [6.45, 7) is -0.102. The fourth-order valence-electron chi connectivity index (χ4n) is 1.60. The van der Waals surface area contributed by atoms with Crippen molar-refractivity contribution in [3.05, 3.63) is 0 Å². The van der Waals surface area contributed by atoms with Gasteiger partial charge in [-0.3, -0.25) is 0 Å². The van der Waals surface area contributed by atoms with Crippen LogP contribution in [-0.2, 0) is 9.53 Å². The number of rotatable bonds is 3. The van der Waals surface area contributed by atoms with Crippen LogP contribution in [0.4, 0.5) is 18.0 Å². The summed E-state index contributed by atoms with van der Waals surface area (Å²) in [7, 11) is 0. The molecule has 1 fully saturated rings. The Morgan fingerprint density at radius 3 is 2.50 bits per heavy atom. The Labute approximate surface area is 112 Å². The van der Waals surface area contributed by atoms with E-state index in [-0.39, 0.29) is 19.8 Å². The molecule has 0 radical (unpaired) electrons. The van der Waals surface area contributed by atoms with Crippen LogP contribution in [0.5, 0.6) is 0 Å². The number of carbonyl (C=O) groups is 2. The van der Waals surface area contributed by atoms with Crippen molar-refractivity contribution < 1.29 is 37.7 Å². The number of carbonyl (C=O) groups excluding carboxylic acids is 1. The molecule has 10 heteroatoms. The number of aliphatic carboxylic acids is 1.